The first-order valence-electron chi connectivity index (χ1n) is 12.8. The second kappa shape index (κ2) is 15.0. The van der Waals surface area contributed by atoms with Crippen LogP contribution in [0.25, 0.3) is 0 Å². The molecular formula is C25H47N5O5. The van der Waals surface area contributed by atoms with Gasteiger partial charge in [-0.2, -0.15) is 0 Å². The standard InChI is InChI=1S/C25H47N5O5/c1-16(2)12-19(26-22(31)15-30-10-8-29(7)9-11-30)23(32)27-20(13-17(3)4)24(33)28-21(25(34)35)14-18(5)6/h16-21H,8-15H2,1-7H3,(H,26,31)(H,27,32)(H,28,33)(H,34,35)/t19-,20-,21-/m0/s1. The number of carboxylic acids is 1. The molecule has 0 radical (unpaired) electrons. The zero-order valence-electron chi connectivity index (χ0n) is 22.6. The van der Waals surface area contributed by atoms with Gasteiger partial charge in [-0.05, 0) is 44.1 Å². The first kappa shape index (κ1) is 30.8. The Bertz CT molecular complexity index is 704. The van der Waals surface area contributed by atoms with Gasteiger partial charge in [-0.1, -0.05) is 41.5 Å². The summed E-state index contributed by atoms with van der Waals surface area (Å²) in [6, 6.07) is -2.69. The predicted octanol–water partition coefficient (Wildman–Crippen LogP) is 0.911. The largest absolute Gasteiger partial charge is 0.480 e. The number of hydrogen-bond donors (Lipinski definition) is 4. The van der Waals surface area contributed by atoms with Gasteiger partial charge in [-0.25, -0.2) is 4.79 Å². The lowest BCUT2D eigenvalue weighted by atomic mass is 9.99. The van der Waals surface area contributed by atoms with E-state index >= 15 is 0 Å². The molecule has 0 saturated carbocycles. The van der Waals surface area contributed by atoms with Crippen LogP contribution >= 0.6 is 0 Å². The molecule has 3 amide bonds. The van der Waals surface area contributed by atoms with Gasteiger partial charge in [0.05, 0.1) is 6.54 Å². The van der Waals surface area contributed by atoms with Crippen LogP contribution in [0, 0.1) is 17.8 Å². The van der Waals surface area contributed by atoms with Crippen molar-refractivity contribution in [3.05, 3.63) is 0 Å². The summed E-state index contributed by atoms with van der Waals surface area (Å²) in [4.78, 5) is 54.8. The number of nitrogens with zero attached hydrogens (tertiary/aromatic N) is 2. The van der Waals surface area contributed by atoms with E-state index in [1.165, 1.54) is 0 Å². The molecule has 1 aliphatic heterocycles. The Hall–Kier alpha value is -2.20. The molecule has 10 nitrogen and oxygen atoms in total. The van der Waals surface area contributed by atoms with Gasteiger partial charge < -0.3 is 26.0 Å². The summed E-state index contributed by atoms with van der Waals surface area (Å²) >= 11 is 0. The molecule has 0 unspecified atom stereocenters. The van der Waals surface area contributed by atoms with Crippen molar-refractivity contribution in [1.82, 2.24) is 25.8 Å². The Morgan fingerprint density at radius 2 is 1.09 bits per heavy atom. The van der Waals surface area contributed by atoms with Crippen molar-refractivity contribution in [2.75, 3.05) is 39.8 Å². The van der Waals surface area contributed by atoms with Crippen LogP contribution < -0.4 is 16.0 Å². The molecule has 202 valence electrons. The van der Waals surface area contributed by atoms with E-state index in [1.54, 1.807) is 0 Å². The molecule has 1 heterocycles. The number of rotatable bonds is 14. The maximum Gasteiger partial charge on any atom is 0.326 e. The van der Waals surface area contributed by atoms with E-state index in [4.69, 9.17) is 0 Å². The van der Waals surface area contributed by atoms with Crippen LogP contribution in [-0.4, -0.2) is 96.5 Å². The van der Waals surface area contributed by atoms with Crippen molar-refractivity contribution in [1.29, 1.82) is 0 Å². The van der Waals surface area contributed by atoms with Crippen molar-refractivity contribution in [3.8, 4) is 0 Å². The number of likely N-dealkylation sites (N-methyl/N-ethyl adjacent to an activating group) is 1. The summed E-state index contributed by atoms with van der Waals surface area (Å²) < 4.78 is 0. The highest BCUT2D eigenvalue weighted by atomic mass is 16.4. The predicted molar refractivity (Wildman–Crippen MR) is 136 cm³/mol. The van der Waals surface area contributed by atoms with Crippen LogP contribution in [0.15, 0.2) is 0 Å². The maximum atomic E-state index is 13.2. The topological polar surface area (TPSA) is 131 Å². The maximum absolute atomic E-state index is 13.2. The molecule has 1 fully saturated rings. The minimum Gasteiger partial charge on any atom is -0.480 e. The number of hydrogen-bond acceptors (Lipinski definition) is 6. The molecule has 1 aliphatic rings. The summed E-state index contributed by atoms with van der Waals surface area (Å²) in [5, 5.41) is 17.7. The van der Waals surface area contributed by atoms with Crippen LogP contribution in [0.3, 0.4) is 0 Å². The van der Waals surface area contributed by atoms with Crippen LogP contribution in [-0.2, 0) is 19.2 Å². The van der Waals surface area contributed by atoms with Crippen LogP contribution in [0.2, 0.25) is 0 Å². The average Bonchev–Trinajstić information content (AvgIpc) is 2.72. The van der Waals surface area contributed by atoms with Crippen LogP contribution in [0.4, 0.5) is 0 Å². The Labute approximate surface area is 210 Å². The van der Waals surface area contributed by atoms with E-state index in [9.17, 15) is 24.3 Å². The second-order valence-corrected chi connectivity index (χ2v) is 11.0. The molecule has 3 atom stereocenters. The van der Waals surface area contributed by atoms with Crippen molar-refractivity contribution in [2.24, 2.45) is 17.8 Å². The number of aliphatic carboxylic acids is 1. The van der Waals surface area contributed by atoms with Crippen LogP contribution in [0.1, 0.15) is 60.8 Å². The molecule has 10 heteroatoms. The van der Waals surface area contributed by atoms with Gasteiger partial charge in [0, 0.05) is 26.2 Å². The van der Waals surface area contributed by atoms with Crippen molar-refractivity contribution >= 4 is 23.7 Å². The molecule has 0 aliphatic carbocycles. The smallest absolute Gasteiger partial charge is 0.326 e. The Morgan fingerprint density at radius 3 is 1.51 bits per heavy atom. The number of carboxylic acid groups (broad SMARTS) is 1. The average molecular weight is 498 g/mol. The van der Waals surface area contributed by atoms with Crippen molar-refractivity contribution < 1.29 is 24.3 Å². The van der Waals surface area contributed by atoms with E-state index in [-0.39, 0.29) is 30.2 Å². The minimum absolute atomic E-state index is 0.0838. The SMILES string of the molecule is CC(C)C[C@H](NC(=O)[C@H](CC(C)C)NC(=O)[C@H](CC(C)C)NC(=O)CN1CCN(C)CC1)C(=O)O. The van der Waals surface area contributed by atoms with Crippen molar-refractivity contribution in [3.63, 3.8) is 0 Å². The fourth-order valence-electron chi connectivity index (χ4n) is 4.09. The lowest BCUT2D eigenvalue weighted by Gasteiger charge is -2.32. The van der Waals surface area contributed by atoms with Gasteiger partial charge >= 0.3 is 5.97 Å². The lowest BCUT2D eigenvalue weighted by molar-refractivity contribution is -0.143. The Morgan fingerprint density at radius 1 is 0.686 bits per heavy atom. The molecular weight excluding hydrogens is 450 g/mol. The van der Waals surface area contributed by atoms with E-state index in [1.807, 2.05) is 48.6 Å². The van der Waals surface area contributed by atoms with E-state index in [2.05, 4.69) is 25.8 Å². The summed E-state index contributed by atoms with van der Waals surface area (Å²) in [5.74, 6) is -1.95. The van der Waals surface area contributed by atoms with Gasteiger partial charge in [0.25, 0.3) is 0 Å². The second-order valence-electron chi connectivity index (χ2n) is 11.0. The van der Waals surface area contributed by atoms with Gasteiger partial charge in [0.2, 0.25) is 17.7 Å². The third kappa shape index (κ3) is 12.4. The van der Waals surface area contributed by atoms with Gasteiger partial charge in [0.15, 0.2) is 0 Å². The van der Waals surface area contributed by atoms with E-state index in [0.717, 1.165) is 26.2 Å². The highest BCUT2D eigenvalue weighted by Gasteiger charge is 2.31. The van der Waals surface area contributed by atoms with Crippen LogP contribution in [0.5, 0.6) is 0 Å². The first-order valence-corrected chi connectivity index (χ1v) is 12.8. The van der Waals surface area contributed by atoms with Crippen molar-refractivity contribution in [2.45, 2.75) is 78.9 Å². The van der Waals surface area contributed by atoms with E-state index < -0.39 is 35.9 Å². The highest BCUT2D eigenvalue weighted by molar-refractivity contribution is 5.93. The summed E-state index contributed by atoms with van der Waals surface area (Å²) in [7, 11) is 2.05. The molecule has 0 spiro atoms. The van der Waals surface area contributed by atoms with E-state index in [0.29, 0.717) is 19.3 Å². The quantitative estimate of drug-likeness (QED) is 0.281. The molecule has 4 N–H and O–H groups in total. The molecule has 35 heavy (non-hydrogen) atoms. The highest BCUT2D eigenvalue weighted by Crippen LogP contribution is 2.11. The monoisotopic (exact) mass is 497 g/mol. The third-order valence-electron chi connectivity index (χ3n) is 5.98. The molecule has 1 saturated heterocycles. The molecule has 0 aromatic rings. The number of piperazine rings is 1. The van der Waals surface area contributed by atoms with Gasteiger partial charge in [0.1, 0.15) is 18.1 Å². The zero-order valence-corrected chi connectivity index (χ0v) is 22.6. The summed E-state index contributed by atoms with van der Waals surface area (Å²) in [6.07, 6.45) is 1.08. The number of carbonyl (C=O) groups excluding carboxylic acids is 3. The minimum atomic E-state index is -1.10. The van der Waals surface area contributed by atoms with Gasteiger partial charge in [-0.15, -0.1) is 0 Å². The summed E-state index contributed by atoms with van der Waals surface area (Å²) in [6.45, 7) is 15.2. The fourth-order valence-corrected chi connectivity index (χ4v) is 4.09. The molecule has 0 bridgehead atoms. The number of nitrogens with one attached hydrogen (secondary N) is 3. The Kier molecular flexibility index (Phi) is 13.2. The normalized spacial score (nSPS) is 17.8. The molecule has 0 aromatic carbocycles. The summed E-state index contributed by atoms with van der Waals surface area (Å²) in [5.41, 5.74) is 0. The fraction of sp³-hybridized carbons (Fsp3) is 0.840. The molecule has 1 rings (SSSR count). The third-order valence-corrected chi connectivity index (χ3v) is 5.98. The number of carbonyl (C=O) groups is 4. The lowest BCUT2D eigenvalue weighted by Crippen LogP contribution is -2.57. The molecule has 0 aromatic heterocycles. The van der Waals surface area contributed by atoms with Gasteiger partial charge in [-0.3, -0.25) is 19.3 Å². The Balaban J connectivity index is 2.87. The number of amides is 3. The first-order chi connectivity index (χ1) is 16.3. The zero-order chi connectivity index (χ0) is 26.7.